The quantitative estimate of drug-likeness (QED) is 0.408. The van der Waals surface area contributed by atoms with E-state index in [1.165, 1.54) is 12.1 Å². The lowest BCUT2D eigenvalue weighted by atomic mass is 10.0. The molecule has 35 heavy (non-hydrogen) atoms. The van der Waals surface area contributed by atoms with Gasteiger partial charge in [-0.25, -0.2) is 12.8 Å². The number of oxime groups is 1. The summed E-state index contributed by atoms with van der Waals surface area (Å²) in [5, 5.41) is 8.11. The Hall–Kier alpha value is -2.76. The number of halogens is 1. The van der Waals surface area contributed by atoms with Gasteiger partial charge in [0.1, 0.15) is 22.9 Å². The van der Waals surface area contributed by atoms with Crippen molar-refractivity contribution in [3.05, 3.63) is 53.3 Å². The maximum atomic E-state index is 13.6. The van der Waals surface area contributed by atoms with Gasteiger partial charge in [0, 0.05) is 23.4 Å². The molecule has 0 spiro atoms. The summed E-state index contributed by atoms with van der Waals surface area (Å²) < 4.78 is 59.4. The largest absolute Gasteiger partial charge is 0.617 e. The van der Waals surface area contributed by atoms with Crippen molar-refractivity contribution >= 4 is 43.7 Å². The molecule has 8 nitrogen and oxygen atoms in total. The van der Waals surface area contributed by atoms with E-state index in [4.69, 9.17) is 9.25 Å². The molecule has 2 aliphatic rings. The first kappa shape index (κ1) is 24.0. The molecule has 1 aliphatic carbocycles. The Labute approximate surface area is 206 Å². The van der Waals surface area contributed by atoms with Crippen LogP contribution in [0.15, 0.2) is 46.0 Å². The topological polar surface area (TPSA) is 116 Å². The van der Waals surface area contributed by atoms with Gasteiger partial charge in [-0.15, -0.1) is 0 Å². The molecule has 2 atom stereocenters. The summed E-state index contributed by atoms with van der Waals surface area (Å²) in [4.78, 5) is 5.34. The molecule has 1 aliphatic heterocycles. The third-order valence-electron chi connectivity index (χ3n) is 5.97. The molecular weight excluding hydrogens is 493 g/mol. The van der Waals surface area contributed by atoms with Gasteiger partial charge in [-0.3, -0.25) is 4.72 Å². The molecule has 1 fully saturated rings. The highest BCUT2D eigenvalue weighted by molar-refractivity contribution is 7.93. The zero-order chi connectivity index (χ0) is 24.7. The van der Waals surface area contributed by atoms with E-state index in [9.17, 15) is 17.4 Å². The SMILES string of the molecule is CC1NC(c2c(-c3ccc(F)cc3)oc3cc(NS(=O)(=O)CCC[S+](C)[O-])c(C4CC4)cc23)=NO1. The Bertz CT molecular complexity index is 1380. The molecule has 0 saturated heterocycles. The zero-order valence-corrected chi connectivity index (χ0v) is 21.0. The van der Waals surface area contributed by atoms with Crippen LogP contribution >= 0.6 is 0 Å². The molecule has 2 heterocycles. The Morgan fingerprint density at radius 2 is 2.00 bits per heavy atom. The van der Waals surface area contributed by atoms with E-state index in [1.54, 1.807) is 24.5 Å². The molecule has 0 bridgehead atoms. The Kier molecular flexibility index (Phi) is 6.41. The highest BCUT2D eigenvalue weighted by Crippen LogP contribution is 2.47. The van der Waals surface area contributed by atoms with Crippen molar-refractivity contribution in [1.29, 1.82) is 0 Å². The number of rotatable bonds is 9. The fourth-order valence-electron chi connectivity index (χ4n) is 4.19. The average Bonchev–Trinajstić information content (AvgIpc) is 3.44. The number of furan rings is 1. The van der Waals surface area contributed by atoms with Gasteiger partial charge in [-0.2, -0.15) is 0 Å². The summed E-state index contributed by atoms with van der Waals surface area (Å²) in [6.45, 7) is 1.83. The summed E-state index contributed by atoms with van der Waals surface area (Å²) >= 11 is -1.05. The van der Waals surface area contributed by atoms with Crippen LogP contribution in [-0.4, -0.2) is 42.8 Å². The van der Waals surface area contributed by atoms with E-state index in [0.717, 1.165) is 23.8 Å². The van der Waals surface area contributed by atoms with Gasteiger partial charge in [0.25, 0.3) is 0 Å². The molecule has 0 amide bonds. The Morgan fingerprint density at radius 3 is 2.63 bits per heavy atom. The number of hydrogen-bond acceptors (Lipinski definition) is 7. The van der Waals surface area contributed by atoms with E-state index in [-0.39, 0.29) is 23.7 Å². The fraction of sp³-hybridized carbons (Fsp3) is 0.375. The minimum Gasteiger partial charge on any atom is -0.617 e. The van der Waals surface area contributed by atoms with Crippen LogP contribution in [0.1, 0.15) is 43.2 Å². The molecule has 11 heteroatoms. The number of amidine groups is 1. The Morgan fingerprint density at radius 1 is 1.26 bits per heavy atom. The number of fused-ring (bicyclic) bond motifs is 1. The summed E-state index contributed by atoms with van der Waals surface area (Å²) in [5.41, 5.74) is 3.18. The lowest BCUT2D eigenvalue weighted by Gasteiger charge is -2.13. The van der Waals surface area contributed by atoms with Gasteiger partial charge in [-0.1, -0.05) is 16.3 Å². The van der Waals surface area contributed by atoms with Crippen molar-refractivity contribution in [3.63, 3.8) is 0 Å². The minimum absolute atomic E-state index is 0.116. The lowest BCUT2D eigenvalue weighted by molar-refractivity contribution is 0.0874. The predicted octanol–water partition coefficient (Wildman–Crippen LogP) is 4.25. The summed E-state index contributed by atoms with van der Waals surface area (Å²) in [6.07, 6.45) is 3.48. The summed E-state index contributed by atoms with van der Waals surface area (Å²) in [6, 6.07) is 9.61. The molecule has 3 aromatic rings. The van der Waals surface area contributed by atoms with Crippen LogP contribution in [0.25, 0.3) is 22.3 Å². The van der Waals surface area contributed by atoms with Crippen molar-refractivity contribution in [2.45, 2.75) is 38.3 Å². The van der Waals surface area contributed by atoms with Crippen LogP contribution < -0.4 is 10.0 Å². The highest BCUT2D eigenvalue weighted by Gasteiger charge is 2.31. The molecule has 2 aromatic carbocycles. The van der Waals surface area contributed by atoms with Crippen LogP contribution in [0.5, 0.6) is 0 Å². The second-order valence-corrected chi connectivity index (χ2v) is 12.3. The van der Waals surface area contributed by atoms with Crippen molar-refractivity contribution in [1.82, 2.24) is 5.32 Å². The Balaban J connectivity index is 1.60. The van der Waals surface area contributed by atoms with Gasteiger partial charge in [0.15, 0.2) is 12.1 Å². The van der Waals surface area contributed by atoms with Crippen LogP contribution in [-0.2, 0) is 26.0 Å². The molecule has 186 valence electrons. The number of nitrogens with zero attached hydrogens (tertiary/aromatic N) is 1. The van der Waals surface area contributed by atoms with Crippen molar-refractivity contribution < 1.29 is 26.6 Å². The summed E-state index contributed by atoms with van der Waals surface area (Å²) in [5.74, 6) is 1.07. The molecule has 2 N–H and O–H groups in total. The molecule has 1 aromatic heterocycles. The van der Waals surface area contributed by atoms with E-state index in [2.05, 4.69) is 15.2 Å². The third-order valence-corrected chi connectivity index (χ3v) is 8.19. The average molecular weight is 520 g/mol. The van der Waals surface area contributed by atoms with Crippen LogP contribution in [0.2, 0.25) is 0 Å². The highest BCUT2D eigenvalue weighted by atomic mass is 32.2. The molecule has 5 rings (SSSR count). The van der Waals surface area contributed by atoms with Crippen LogP contribution in [0, 0.1) is 5.82 Å². The van der Waals surface area contributed by atoms with Crippen molar-refractivity contribution in [3.8, 4) is 11.3 Å². The van der Waals surface area contributed by atoms with E-state index in [0.29, 0.717) is 46.2 Å². The second kappa shape index (κ2) is 9.36. The molecule has 0 radical (unpaired) electrons. The predicted molar refractivity (Wildman–Crippen MR) is 135 cm³/mol. The first-order valence-corrected chi connectivity index (χ1v) is 14.8. The smallest absolute Gasteiger partial charge is 0.232 e. The van der Waals surface area contributed by atoms with Gasteiger partial charge < -0.3 is 19.1 Å². The van der Waals surface area contributed by atoms with Crippen LogP contribution in [0.3, 0.4) is 0 Å². The standard InChI is InChI=1S/C24H26FN3O5S2/c1-14-26-24(27-33-14)22-19-12-18(15-4-5-15)20(28-35(30,31)11-3-10-34(2)29)13-21(19)32-23(22)16-6-8-17(25)9-7-16/h6-9,12-15,28H,3-5,10-11H2,1-2H3,(H,26,27). The molecule has 2 unspecified atom stereocenters. The van der Waals surface area contributed by atoms with E-state index in [1.807, 2.05) is 13.0 Å². The first-order chi connectivity index (χ1) is 16.7. The van der Waals surface area contributed by atoms with E-state index >= 15 is 0 Å². The second-order valence-electron chi connectivity index (χ2n) is 8.91. The van der Waals surface area contributed by atoms with Crippen LogP contribution in [0.4, 0.5) is 10.1 Å². The lowest BCUT2D eigenvalue weighted by Crippen LogP contribution is -2.27. The zero-order valence-electron chi connectivity index (χ0n) is 19.3. The van der Waals surface area contributed by atoms with E-state index < -0.39 is 21.2 Å². The van der Waals surface area contributed by atoms with Gasteiger partial charge in [0.2, 0.25) is 10.0 Å². The fourth-order valence-corrected chi connectivity index (χ4v) is 6.06. The maximum Gasteiger partial charge on any atom is 0.232 e. The van der Waals surface area contributed by atoms with Gasteiger partial charge in [-0.05, 0) is 61.6 Å². The van der Waals surface area contributed by atoms with Gasteiger partial charge >= 0.3 is 0 Å². The third kappa shape index (κ3) is 5.26. The number of sulfonamides is 1. The minimum atomic E-state index is -3.63. The monoisotopic (exact) mass is 519 g/mol. The first-order valence-electron chi connectivity index (χ1n) is 11.4. The molecular formula is C24H26FN3O5S2. The van der Waals surface area contributed by atoms with Crippen molar-refractivity contribution in [2.75, 3.05) is 22.5 Å². The van der Waals surface area contributed by atoms with Crippen molar-refractivity contribution in [2.24, 2.45) is 5.16 Å². The number of nitrogens with one attached hydrogen (secondary N) is 2. The summed E-state index contributed by atoms with van der Waals surface area (Å²) in [7, 11) is -3.63. The number of hydrogen-bond donors (Lipinski definition) is 2. The molecule has 1 saturated carbocycles. The number of anilines is 1. The maximum absolute atomic E-state index is 13.6. The number of benzene rings is 2. The normalized spacial score (nSPS) is 18.7. The van der Waals surface area contributed by atoms with Gasteiger partial charge in [0.05, 0.1) is 23.3 Å².